The van der Waals surface area contributed by atoms with Gasteiger partial charge in [0.05, 0.1) is 0 Å². The number of likely N-dealkylation sites (tertiary alicyclic amines) is 1. The Morgan fingerprint density at radius 1 is 1.54 bits per heavy atom. The van der Waals surface area contributed by atoms with Gasteiger partial charge in [-0.05, 0) is 39.0 Å². The molecule has 4 heteroatoms. The quantitative estimate of drug-likeness (QED) is 0.606. The lowest BCUT2D eigenvalue weighted by Crippen LogP contribution is -2.49. The van der Waals surface area contributed by atoms with Gasteiger partial charge >= 0.3 is 0 Å². The molecule has 1 aliphatic heterocycles. The van der Waals surface area contributed by atoms with Gasteiger partial charge in [0.15, 0.2) is 5.11 Å². The number of piperidine rings is 1. The standard InChI is InChI=1S/C9H19N3S/c1-7-6-8(4-5-12(7)3)11-9(13)10-2/h7-8H,4-6H2,1-3H3,(H2,10,11,13). The maximum absolute atomic E-state index is 5.07. The maximum Gasteiger partial charge on any atom is 0.166 e. The Bertz CT molecular complexity index is 184. The van der Waals surface area contributed by atoms with E-state index in [4.69, 9.17) is 12.2 Å². The van der Waals surface area contributed by atoms with Crippen LogP contribution in [-0.2, 0) is 0 Å². The van der Waals surface area contributed by atoms with Gasteiger partial charge in [0, 0.05) is 25.7 Å². The number of hydrogen-bond acceptors (Lipinski definition) is 2. The molecule has 1 heterocycles. The van der Waals surface area contributed by atoms with Gasteiger partial charge in [-0.15, -0.1) is 0 Å². The zero-order valence-electron chi connectivity index (χ0n) is 8.63. The maximum atomic E-state index is 5.07. The Morgan fingerprint density at radius 3 is 2.77 bits per heavy atom. The number of nitrogens with zero attached hydrogens (tertiary/aromatic N) is 1. The topological polar surface area (TPSA) is 27.3 Å². The normalized spacial score (nSPS) is 29.8. The Hall–Kier alpha value is -0.350. The molecule has 0 aromatic rings. The van der Waals surface area contributed by atoms with Crippen LogP contribution in [0.2, 0.25) is 0 Å². The molecule has 0 aromatic carbocycles. The molecule has 2 unspecified atom stereocenters. The zero-order valence-corrected chi connectivity index (χ0v) is 9.45. The van der Waals surface area contributed by atoms with Gasteiger partial charge in [-0.2, -0.15) is 0 Å². The van der Waals surface area contributed by atoms with Gasteiger partial charge in [0.2, 0.25) is 0 Å². The highest BCUT2D eigenvalue weighted by atomic mass is 32.1. The summed E-state index contributed by atoms with van der Waals surface area (Å²) in [5.74, 6) is 0. The molecule has 0 amide bonds. The molecule has 0 bridgehead atoms. The van der Waals surface area contributed by atoms with Crippen molar-refractivity contribution < 1.29 is 0 Å². The minimum Gasteiger partial charge on any atom is -0.366 e. The number of rotatable bonds is 1. The third kappa shape index (κ3) is 3.12. The molecule has 2 atom stereocenters. The van der Waals surface area contributed by atoms with Crippen LogP contribution < -0.4 is 10.6 Å². The molecule has 0 saturated carbocycles. The smallest absolute Gasteiger partial charge is 0.166 e. The molecule has 0 radical (unpaired) electrons. The molecule has 2 N–H and O–H groups in total. The fourth-order valence-corrected chi connectivity index (χ4v) is 1.84. The Balaban J connectivity index is 2.33. The van der Waals surface area contributed by atoms with Crippen LogP contribution in [-0.4, -0.2) is 42.7 Å². The van der Waals surface area contributed by atoms with Crippen molar-refractivity contribution in [1.29, 1.82) is 0 Å². The molecular weight excluding hydrogens is 182 g/mol. The van der Waals surface area contributed by atoms with E-state index in [1.165, 1.54) is 12.8 Å². The zero-order chi connectivity index (χ0) is 9.84. The number of nitrogens with one attached hydrogen (secondary N) is 2. The van der Waals surface area contributed by atoms with Crippen LogP contribution in [0, 0.1) is 0 Å². The van der Waals surface area contributed by atoms with Crippen LogP contribution in [0.1, 0.15) is 19.8 Å². The second-order valence-electron chi connectivity index (χ2n) is 3.77. The van der Waals surface area contributed by atoms with E-state index in [1.807, 2.05) is 7.05 Å². The van der Waals surface area contributed by atoms with Crippen LogP contribution in [0.15, 0.2) is 0 Å². The van der Waals surface area contributed by atoms with Crippen molar-refractivity contribution in [3.8, 4) is 0 Å². The summed E-state index contributed by atoms with van der Waals surface area (Å²) < 4.78 is 0. The van der Waals surface area contributed by atoms with E-state index >= 15 is 0 Å². The van der Waals surface area contributed by atoms with E-state index in [2.05, 4.69) is 29.5 Å². The lowest BCUT2D eigenvalue weighted by molar-refractivity contribution is 0.177. The average molecular weight is 201 g/mol. The molecule has 76 valence electrons. The van der Waals surface area contributed by atoms with Crippen LogP contribution in [0.25, 0.3) is 0 Å². The predicted octanol–water partition coefficient (Wildman–Crippen LogP) is 0.563. The molecule has 13 heavy (non-hydrogen) atoms. The molecule has 0 aliphatic carbocycles. The van der Waals surface area contributed by atoms with E-state index in [9.17, 15) is 0 Å². The van der Waals surface area contributed by atoms with Gasteiger partial charge < -0.3 is 15.5 Å². The van der Waals surface area contributed by atoms with Crippen LogP contribution in [0.4, 0.5) is 0 Å². The first kappa shape index (κ1) is 10.7. The summed E-state index contributed by atoms with van der Waals surface area (Å²) in [5, 5.41) is 7.02. The largest absolute Gasteiger partial charge is 0.366 e. The summed E-state index contributed by atoms with van der Waals surface area (Å²) in [6.07, 6.45) is 2.36. The van der Waals surface area contributed by atoms with Gasteiger partial charge in [-0.3, -0.25) is 0 Å². The first-order valence-corrected chi connectivity index (χ1v) is 5.22. The molecule has 1 rings (SSSR count). The summed E-state index contributed by atoms with van der Waals surface area (Å²) in [7, 11) is 4.03. The minimum atomic E-state index is 0.547. The van der Waals surface area contributed by atoms with Crippen molar-refractivity contribution in [2.24, 2.45) is 0 Å². The molecule has 0 spiro atoms. The molecule has 1 saturated heterocycles. The van der Waals surface area contributed by atoms with Crippen molar-refractivity contribution >= 4 is 17.3 Å². The summed E-state index contributed by atoms with van der Waals surface area (Å²) >= 11 is 5.07. The third-order valence-corrected chi connectivity index (χ3v) is 3.09. The molecular formula is C9H19N3S. The van der Waals surface area contributed by atoms with E-state index in [0.717, 1.165) is 11.7 Å². The summed E-state index contributed by atoms with van der Waals surface area (Å²) in [4.78, 5) is 2.39. The van der Waals surface area contributed by atoms with Gasteiger partial charge in [0.25, 0.3) is 0 Å². The highest BCUT2D eigenvalue weighted by molar-refractivity contribution is 7.80. The summed E-state index contributed by atoms with van der Waals surface area (Å²) in [6, 6.07) is 1.21. The van der Waals surface area contributed by atoms with Crippen LogP contribution >= 0.6 is 12.2 Å². The molecule has 1 aliphatic rings. The highest BCUT2D eigenvalue weighted by Crippen LogP contribution is 2.14. The Morgan fingerprint density at radius 2 is 2.23 bits per heavy atom. The van der Waals surface area contributed by atoms with E-state index in [1.54, 1.807) is 0 Å². The lowest BCUT2D eigenvalue weighted by Gasteiger charge is -2.35. The van der Waals surface area contributed by atoms with Crippen molar-refractivity contribution in [3.05, 3.63) is 0 Å². The van der Waals surface area contributed by atoms with E-state index in [0.29, 0.717) is 12.1 Å². The van der Waals surface area contributed by atoms with Crippen molar-refractivity contribution in [2.45, 2.75) is 31.8 Å². The average Bonchev–Trinajstić information content (AvgIpc) is 2.11. The van der Waals surface area contributed by atoms with Crippen molar-refractivity contribution in [3.63, 3.8) is 0 Å². The molecule has 3 nitrogen and oxygen atoms in total. The second-order valence-corrected chi connectivity index (χ2v) is 4.18. The van der Waals surface area contributed by atoms with E-state index < -0.39 is 0 Å². The van der Waals surface area contributed by atoms with Crippen molar-refractivity contribution in [1.82, 2.24) is 15.5 Å². The lowest BCUT2D eigenvalue weighted by atomic mass is 9.99. The van der Waals surface area contributed by atoms with Gasteiger partial charge in [-0.1, -0.05) is 0 Å². The fourth-order valence-electron chi connectivity index (χ4n) is 1.68. The highest BCUT2D eigenvalue weighted by Gasteiger charge is 2.22. The summed E-state index contributed by atoms with van der Waals surface area (Å²) in [5.41, 5.74) is 0. The third-order valence-electron chi connectivity index (χ3n) is 2.77. The monoisotopic (exact) mass is 201 g/mol. The van der Waals surface area contributed by atoms with Crippen LogP contribution in [0.5, 0.6) is 0 Å². The van der Waals surface area contributed by atoms with Gasteiger partial charge in [0.1, 0.15) is 0 Å². The van der Waals surface area contributed by atoms with Gasteiger partial charge in [-0.25, -0.2) is 0 Å². The summed E-state index contributed by atoms with van der Waals surface area (Å²) in [6.45, 7) is 3.42. The first-order chi connectivity index (χ1) is 6.13. The SMILES string of the molecule is CNC(=S)NC1CCN(C)C(C)C1. The first-order valence-electron chi connectivity index (χ1n) is 4.82. The molecule has 1 fully saturated rings. The van der Waals surface area contributed by atoms with Crippen LogP contribution in [0.3, 0.4) is 0 Å². The number of thiocarbonyl (C=S) groups is 1. The number of hydrogen-bond donors (Lipinski definition) is 2. The second kappa shape index (κ2) is 4.77. The fraction of sp³-hybridized carbons (Fsp3) is 0.889. The van der Waals surface area contributed by atoms with Crippen molar-refractivity contribution in [2.75, 3.05) is 20.6 Å². The van der Waals surface area contributed by atoms with E-state index in [-0.39, 0.29) is 0 Å². The molecule has 0 aromatic heterocycles. The minimum absolute atomic E-state index is 0.547. The predicted molar refractivity (Wildman–Crippen MR) is 59.9 cm³/mol. The Kier molecular flexibility index (Phi) is 3.93. The Labute approximate surface area is 85.9 Å².